The lowest BCUT2D eigenvalue weighted by atomic mass is 10.3. The number of piperazine rings is 1. The van der Waals surface area contributed by atoms with Gasteiger partial charge in [0.15, 0.2) is 11.6 Å². The number of rotatable bonds is 7. The fraction of sp³-hybridized carbons (Fsp3) is 0.286. The van der Waals surface area contributed by atoms with E-state index in [0.29, 0.717) is 24.1 Å². The molecule has 0 radical (unpaired) electrons. The number of hydrogen-bond donors (Lipinski definition) is 3. The average molecular weight is 493 g/mol. The molecular weight excluding hydrogens is 470 g/mol. The summed E-state index contributed by atoms with van der Waals surface area (Å²) in [5, 5.41) is 5.34. The van der Waals surface area contributed by atoms with Crippen LogP contribution in [0.4, 0.5) is 14.5 Å². The summed E-state index contributed by atoms with van der Waals surface area (Å²) in [5.74, 6) is -3.13. The van der Waals surface area contributed by atoms with Crippen LogP contribution in [-0.2, 0) is 19.6 Å². The van der Waals surface area contributed by atoms with E-state index >= 15 is 0 Å². The summed E-state index contributed by atoms with van der Waals surface area (Å²) < 4.78 is 53.6. The number of carbonyl (C=O) groups is 2. The summed E-state index contributed by atoms with van der Waals surface area (Å²) in [7, 11) is -3.72. The zero-order valence-corrected chi connectivity index (χ0v) is 18.7. The van der Waals surface area contributed by atoms with Crippen LogP contribution in [0.15, 0.2) is 47.6 Å². The van der Waals surface area contributed by atoms with E-state index in [2.05, 4.69) is 20.6 Å². The molecule has 3 N–H and O–H groups in total. The molecule has 10 nitrogen and oxygen atoms in total. The maximum Gasteiger partial charge on any atom is 0.245 e. The first-order chi connectivity index (χ1) is 16.2. The molecule has 0 saturated carbocycles. The molecule has 3 heterocycles. The molecule has 1 aromatic carbocycles. The molecule has 0 spiro atoms. The van der Waals surface area contributed by atoms with Crippen LogP contribution in [0.5, 0.6) is 0 Å². The molecule has 0 unspecified atom stereocenters. The number of hydrogen-bond acceptors (Lipinski definition) is 6. The summed E-state index contributed by atoms with van der Waals surface area (Å²) in [6, 6.07) is 6.30. The Labute approximate surface area is 194 Å². The van der Waals surface area contributed by atoms with Gasteiger partial charge in [-0.1, -0.05) is 0 Å². The summed E-state index contributed by atoms with van der Waals surface area (Å²) in [5.41, 5.74) is 0.562. The Balaban J connectivity index is 1.24. The predicted molar refractivity (Wildman–Crippen MR) is 119 cm³/mol. The van der Waals surface area contributed by atoms with Gasteiger partial charge in [0, 0.05) is 55.7 Å². The molecule has 0 bridgehead atoms. The molecule has 2 amide bonds. The number of amides is 2. The Kier molecular flexibility index (Phi) is 6.86. The number of pyridine rings is 1. The third-order valence-electron chi connectivity index (χ3n) is 5.38. The van der Waals surface area contributed by atoms with Crippen molar-refractivity contribution in [2.24, 2.45) is 0 Å². The number of carbonyl (C=O) groups excluding carboxylic acids is 2. The standard InChI is InChI=1S/C21H22F2N6O4S/c22-16-4-3-14(10-17(16)23)27-19(30)12-25-20(31)13-28-6-8-29(9-7-28)34(32,33)18-11-26-21-15(18)2-1-5-24-21/h1-5,10-11H,6-9,12-13H2,(H,24,26)(H,25,31)(H,27,30). The number of nitrogens with zero attached hydrogens (tertiary/aromatic N) is 3. The summed E-state index contributed by atoms with van der Waals surface area (Å²) in [4.78, 5) is 33.0. The number of benzene rings is 1. The van der Waals surface area contributed by atoms with Gasteiger partial charge in [-0.3, -0.25) is 14.5 Å². The van der Waals surface area contributed by atoms with Crippen LogP contribution in [0.2, 0.25) is 0 Å². The lowest BCUT2D eigenvalue weighted by molar-refractivity contribution is -0.125. The van der Waals surface area contributed by atoms with Crippen molar-refractivity contribution >= 4 is 38.6 Å². The first-order valence-corrected chi connectivity index (χ1v) is 11.8. The number of aromatic amines is 1. The average Bonchev–Trinajstić information content (AvgIpc) is 3.26. The second-order valence-corrected chi connectivity index (χ2v) is 9.59. The van der Waals surface area contributed by atoms with Gasteiger partial charge in [-0.05, 0) is 24.3 Å². The van der Waals surface area contributed by atoms with Crippen molar-refractivity contribution in [2.75, 3.05) is 44.6 Å². The smallest absolute Gasteiger partial charge is 0.245 e. The first-order valence-electron chi connectivity index (χ1n) is 10.4. The van der Waals surface area contributed by atoms with Crippen molar-refractivity contribution in [2.45, 2.75) is 4.90 Å². The highest BCUT2D eigenvalue weighted by molar-refractivity contribution is 7.89. The lowest BCUT2D eigenvalue weighted by Crippen LogP contribution is -2.51. The largest absolute Gasteiger partial charge is 0.346 e. The molecule has 180 valence electrons. The fourth-order valence-corrected chi connectivity index (χ4v) is 5.20. The van der Waals surface area contributed by atoms with Crippen LogP contribution in [0, 0.1) is 11.6 Å². The van der Waals surface area contributed by atoms with Gasteiger partial charge in [0.1, 0.15) is 10.5 Å². The van der Waals surface area contributed by atoms with Crippen molar-refractivity contribution in [1.82, 2.24) is 24.5 Å². The van der Waals surface area contributed by atoms with E-state index in [1.165, 1.54) is 16.6 Å². The normalized spacial score (nSPS) is 15.4. The van der Waals surface area contributed by atoms with Crippen LogP contribution >= 0.6 is 0 Å². The molecule has 1 saturated heterocycles. The van der Waals surface area contributed by atoms with E-state index in [9.17, 15) is 26.8 Å². The molecule has 1 aliphatic heterocycles. The van der Waals surface area contributed by atoms with Crippen molar-refractivity contribution in [3.8, 4) is 0 Å². The second-order valence-electron chi connectivity index (χ2n) is 7.69. The van der Waals surface area contributed by atoms with E-state index in [0.717, 1.165) is 12.1 Å². The molecule has 3 aromatic rings. The molecular formula is C21H22F2N6O4S. The number of nitrogens with one attached hydrogen (secondary N) is 3. The summed E-state index contributed by atoms with van der Waals surface area (Å²) in [6.07, 6.45) is 3.00. The quantitative estimate of drug-likeness (QED) is 0.450. The number of sulfonamides is 1. The highest BCUT2D eigenvalue weighted by Gasteiger charge is 2.31. The molecule has 0 atom stereocenters. The van der Waals surface area contributed by atoms with E-state index in [1.807, 2.05) is 0 Å². The van der Waals surface area contributed by atoms with Gasteiger partial charge in [0.05, 0.1) is 13.1 Å². The third-order valence-corrected chi connectivity index (χ3v) is 7.32. The lowest BCUT2D eigenvalue weighted by Gasteiger charge is -2.33. The molecule has 1 fully saturated rings. The number of fused-ring (bicyclic) bond motifs is 1. The zero-order valence-electron chi connectivity index (χ0n) is 17.9. The maximum absolute atomic E-state index is 13.2. The van der Waals surface area contributed by atoms with E-state index < -0.39 is 33.5 Å². The number of aromatic nitrogens is 2. The van der Waals surface area contributed by atoms with Gasteiger partial charge in [-0.2, -0.15) is 4.31 Å². The van der Waals surface area contributed by atoms with Crippen molar-refractivity contribution in [3.05, 3.63) is 54.4 Å². The van der Waals surface area contributed by atoms with E-state index in [4.69, 9.17) is 0 Å². The number of anilines is 1. The van der Waals surface area contributed by atoms with Crippen molar-refractivity contribution < 1.29 is 26.8 Å². The van der Waals surface area contributed by atoms with Gasteiger partial charge >= 0.3 is 0 Å². The van der Waals surface area contributed by atoms with Gasteiger partial charge in [-0.15, -0.1) is 0 Å². The van der Waals surface area contributed by atoms with Gasteiger partial charge in [0.2, 0.25) is 21.8 Å². The zero-order chi connectivity index (χ0) is 24.3. The monoisotopic (exact) mass is 492 g/mol. The SMILES string of the molecule is O=C(CN1CCN(S(=O)(=O)c2c[nH]c3ncccc23)CC1)NCC(=O)Nc1ccc(F)c(F)c1. The van der Waals surface area contributed by atoms with E-state index in [1.54, 1.807) is 23.2 Å². The Morgan fingerprint density at radius 3 is 2.56 bits per heavy atom. The highest BCUT2D eigenvalue weighted by atomic mass is 32.2. The fourth-order valence-electron chi connectivity index (χ4n) is 3.63. The number of halogens is 2. The molecule has 1 aliphatic rings. The molecule has 34 heavy (non-hydrogen) atoms. The first kappa shape index (κ1) is 23.7. The van der Waals surface area contributed by atoms with Crippen molar-refractivity contribution in [1.29, 1.82) is 0 Å². The Bertz CT molecular complexity index is 1320. The van der Waals surface area contributed by atoms with Crippen LogP contribution in [0.25, 0.3) is 11.0 Å². The van der Waals surface area contributed by atoms with Gasteiger partial charge in [0.25, 0.3) is 0 Å². The van der Waals surface area contributed by atoms with Crippen LogP contribution < -0.4 is 10.6 Å². The Hall–Kier alpha value is -3.42. The summed E-state index contributed by atoms with van der Waals surface area (Å²) >= 11 is 0. The van der Waals surface area contributed by atoms with Crippen LogP contribution in [0.1, 0.15) is 0 Å². The van der Waals surface area contributed by atoms with Gasteiger partial charge < -0.3 is 15.6 Å². The van der Waals surface area contributed by atoms with Crippen molar-refractivity contribution in [3.63, 3.8) is 0 Å². The number of H-pyrrole nitrogens is 1. The van der Waals surface area contributed by atoms with Gasteiger partial charge in [-0.25, -0.2) is 22.2 Å². The highest BCUT2D eigenvalue weighted by Crippen LogP contribution is 2.25. The van der Waals surface area contributed by atoms with E-state index in [-0.39, 0.29) is 36.8 Å². The topological polar surface area (TPSA) is 128 Å². The van der Waals surface area contributed by atoms with Crippen LogP contribution in [-0.4, -0.2) is 78.7 Å². The summed E-state index contributed by atoms with van der Waals surface area (Å²) in [6.45, 7) is 0.741. The molecule has 4 rings (SSSR count). The van der Waals surface area contributed by atoms with Crippen LogP contribution in [0.3, 0.4) is 0 Å². The minimum atomic E-state index is -3.72. The molecule has 2 aromatic heterocycles. The predicted octanol–water partition coefficient (Wildman–Crippen LogP) is 0.902. The minimum absolute atomic E-state index is 0.0106. The molecule has 13 heteroatoms. The molecule has 0 aliphatic carbocycles. The Morgan fingerprint density at radius 1 is 1.06 bits per heavy atom. The maximum atomic E-state index is 13.2. The third kappa shape index (κ3) is 5.21. The minimum Gasteiger partial charge on any atom is -0.346 e. The second kappa shape index (κ2) is 9.83. The Morgan fingerprint density at radius 2 is 1.82 bits per heavy atom.